The van der Waals surface area contributed by atoms with Crippen LogP contribution in [-0.4, -0.2) is 327 Å². The molecule has 55 heteroatoms. The number of nitrogens with zero attached hydrogens (tertiary/aromatic N) is 1. The Labute approximate surface area is 797 Å². The van der Waals surface area contributed by atoms with Crippen LogP contribution in [0.5, 0.6) is 0 Å². The number of unbranched alkanes of at least 4 members (excludes halogenated alkanes) is 1. The summed E-state index contributed by atoms with van der Waals surface area (Å²) < 4.78 is 0. The van der Waals surface area contributed by atoms with E-state index in [1.165, 1.54) is 24.3 Å². The van der Waals surface area contributed by atoms with E-state index in [1.807, 2.05) is 0 Å². The van der Waals surface area contributed by atoms with Crippen molar-refractivity contribution in [1.29, 1.82) is 21.6 Å². The van der Waals surface area contributed by atoms with Gasteiger partial charge < -0.3 is 166 Å². The van der Waals surface area contributed by atoms with Crippen molar-refractivity contribution in [3.05, 3.63) is 18.2 Å². The molecule has 17 atom stereocenters. The SMILES string of the molecule is CSCC[C@H](NC(=O)[C@H](CCC(=O)O)NC(=O)[C@H](CCCCN)NC(=O)[C@@H](NC(=O)[C@H](CC(C)C)NC(=O)[C@@H](NC(=O)[C@@H](NC(=O)[C@H](CC(C)C)NC(=O)[C@H](Cc1cnc[nH]1)NC(=O)[C@H](CCCNC(=N)N)NC(=O)[C@H](CCCNC(=N)N)NC(=O)[C@H](CC(=O)O)NC(=O)[C@H](CCCNC(=N)N)NC(=O)[C@H](CCCNC(=N)N)NC(=O)CNC(=O)[C@@H]1CCCN1)[C@@H](C)O)[C@@H](C)O)C(C)C)C(=O)O. The molecule has 15 amide bonds. The fourth-order valence-electron chi connectivity index (χ4n) is 13.8. The molecule has 2 rings (SSSR count). The van der Waals surface area contributed by atoms with E-state index < -0.39 is 283 Å². The monoisotopic (exact) mass is 1960 g/mol. The van der Waals surface area contributed by atoms with Crippen LogP contribution in [0.4, 0.5) is 0 Å². The summed E-state index contributed by atoms with van der Waals surface area (Å²) in [5.74, 6) is -23.2. The summed E-state index contributed by atoms with van der Waals surface area (Å²) >= 11 is 1.30. The maximum absolute atomic E-state index is 15.0. The molecule has 1 aliphatic heterocycles. The summed E-state index contributed by atoms with van der Waals surface area (Å²) in [5.41, 5.74) is 28.0. The van der Waals surface area contributed by atoms with Gasteiger partial charge in [0.05, 0.1) is 37.5 Å². The first-order chi connectivity index (χ1) is 64.5. The van der Waals surface area contributed by atoms with Crippen LogP contribution in [0.15, 0.2) is 12.5 Å². The number of aromatic amines is 1. The summed E-state index contributed by atoms with van der Waals surface area (Å²) in [6, 6.07) is -24.0. The Hall–Kier alpha value is -13.1. The number of aromatic nitrogens is 2. The third-order valence-electron chi connectivity index (χ3n) is 21.1. The summed E-state index contributed by atoms with van der Waals surface area (Å²) in [6.45, 7) is 11.8. The number of carbonyl (C=O) groups excluding carboxylic acids is 15. The molecule has 0 radical (unpaired) electrons. The Kier molecular flexibility index (Phi) is 56.1. The molecular formula is C82H145N31O23S. The van der Waals surface area contributed by atoms with Crippen molar-refractivity contribution in [3.8, 4) is 0 Å². The van der Waals surface area contributed by atoms with Crippen LogP contribution in [-0.2, 0) is 92.7 Å². The fraction of sp³-hybridized carbons (Fsp3) is 0.695. The number of H-pyrrole nitrogens is 1. The summed E-state index contributed by atoms with van der Waals surface area (Å²) in [4.78, 5) is 258. The van der Waals surface area contributed by atoms with Gasteiger partial charge in [0.1, 0.15) is 84.6 Å². The highest BCUT2D eigenvalue weighted by atomic mass is 32.2. The van der Waals surface area contributed by atoms with Gasteiger partial charge in [-0.3, -0.25) is 103 Å². The van der Waals surface area contributed by atoms with Gasteiger partial charge in [-0.05, 0) is 166 Å². The minimum absolute atomic E-state index is 0.0133. The molecule has 1 aliphatic rings. The zero-order valence-corrected chi connectivity index (χ0v) is 79.6. The molecule has 772 valence electrons. The number of amides is 15. The van der Waals surface area contributed by atoms with E-state index in [2.05, 4.69) is 116 Å². The highest BCUT2D eigenvalue weighted by Crippen LogP contribution is 2.17. The van der Waals surface area contributed by atoms with Gasteiger partial charge in [0.15, 0.2) is 23.8 Å². The molecule has 1 aromatic heterocycles. The molecule has 1 fully saturated rings. The van der Waals surface area contributed by atoms with E-state index >= 15 is 0 Å². The predicted molar refractivity (Wildman–Crippen MR) is 500 cm³/mol. The quantitative estimate of drug-likeness (QED) is 0.0164. The molecule has 2 heterocycles. The molecule has 1 aromatic rings. The molecule has 0 saturated carbocycles. The highest BCUT2D eigenvalue weighted by Gasteiger charge is 2.41. The standard InChI is InChI=1S/C82H145N31O23S/c1-40(2)33-54(74(131)112-63(44(8)115)77(134)113-62(43(7)114)76(133)110-55(34-41(3)4)73(130)111-61(42(5)6)75(132)105-48(17-10-11-26-83)66(123)104-52(23-24-59(117)118)70(127)106-53(78(135)136)25-32-137-9)107-71(128)56(35-45-37-92-39-99-45)108-68(125)50(21-15-30-96-81(88)89)102-67(124)49(20-14-29-95-80(86)87)103-72(129)57(36-60(119)120)109-69(126)51(22-16-31-97-82(90)91)101-65(122)47(19-13-28-94-79(84)85)100-58(116)38-98-64(121)46-18-12-27-93-46/h37,39-44,46-57,61-63,93,114-115H,10-36,38,83H2,1-9H3,(H,92,99)(H,98,121)(H,100,116)(H,101,122)(H,102,124)(H,103,129)(H,104,123)(H,105,132)(H,106,127)(H,107,128)(H,108,125)(H,109,126)(H,110,133)(H,111,130)(H,112,131)(H,113,134)(H,117,118)(H,119,120)(H,135,136)(H4,84,85,94)(H4,86,87,95)(H4,88,89,96)(H4,90,91,97)/t43-,44-,46+,47+,48+,49+,50+,51+,52+,53+,54+,55+,56+,57+,61+,62+,63+/m1/s1. The maximum Gasteiger partial charge on any atom is 0.326 e. The molecule has 54 nitrogen and oxygen atoms in total. The minimum atomic E-state index is -2.07. The van der Waals surface area contributed by atoms with E-state index in [9.17, 15) is 112 Å². The van der Waals surface area contributed by atoms with Crippen molar-refractivity contribution in [2.24, 2.45) is 46.4 Å². The first-order valence-corrected chi connectivity index (χ1v) is 46.6. The average molecular weight is 1970 g/mol. The molecule has 0 spiro atoms. The minimum Gasteiger partial charge on any atom is -0.481 e. The summed E-state index contributed by atoms with van der Waals surface area (Å²) in [6.07, 6.45) is -2.03. The number of carboxylic acid groups (broad SMARTS) is 3. The largest absolute Gasteiger partial charge is 0.481 e. The smallest absolute Gasteiger partial charge is 0.326 e. The van der Waals surface area contributed by atoms with Gasteiger partial charge in [0.2, 0.25) is 88.6 Å². The normalized spacial score (nSPS) is 15.7. The number of carbonyl (C=O) groups is 18. The first kappa shape index (κ1) is 120. The van der Waals surface area contributed by atoms with E-state index in [0.717, 1.165) is 13.8 Å². The summed E-state index contributed by atoms with van der Waals surface area (Å²) in [7, 11) is 0. The van der Waals surface area contributed by atoms with Crippen molar-refractivity contribution in [1.82, 2.24) is 116 Å². The number of guanidine groups is 4. The number of aliphatic hydroxyl groups excluding tert-OH is 2. The van der Waals surface area contributed by atoms with Crippen molar-refractivity contribution in [2.45, 2.75) is 287 Å². The zero-order valence-electron chi connectivity index (χ0n) is 78.8. The van der Waals surface area contributed by atoms with E-state index in [0.29, 0.717) is 31.6 Å². The number of rotatable bonds is 68. The zero-order chi connectivity index (χ0) is 103. The highest BCUT2D eigenvalue weighted by molar-refractivity contribution is 7.98. The summed E-state index contributed by atoms with van der Waals surface area (Å²) in [5, 5.41) is 133. The fourth-order valence-corrected chi connectivity index (χ4v) is 14.3. The number of imidazole rings is 1. The molecule has 0 unspecified atom stereocenters. The molecule has 1 saturated heterocycles. The van der Waals surface area contributed by atoms with Crippen LogP contribution < -0.4 is 135 Å². The number of hydrogen-bond acceptors (Lipinski definition) is 28. The molecule has 0 aromatic carbocycles. The van der Waals surface area contributed by atoms with Gasteiger partial charge in [0, 0.05) is 50.9 Å². The van der Waals surface area contributed by atoms with Crippen molar-refractivity contribution in [3.63, 3.8) is 0 Å². The van der Waals surface area contributed by atoms with Gasteiger partial charge in [0.25, 0.3) is 0 Å². The molecule has 137 heavy (non-hydrogen) atoms. The first-order valence-electron chi connectivity index (χ1n) is 45.2. The lowest BCUT2D eigenvalue weighted by Gasteiger charge is -2.30. The Morgan fingerprint density at radius 2 is 0.774 bits per heavy atom. The number of nitrogens with one attached hydrogen (secondary N) is 25. The number of hydrogen-bond donors (Lipinski definition) is 35. The topological polar surface area (TPSA) is 903 Å². The third-order valence-corrected chi connectivity index (χ3v) is 21.7. The van der Waals surface area contributed by atoms with E-state index in [4.69, 9.17) is 50.3 Å². The second-order valence-corrected chi connectivity index (χ2v) is 35.2. The Bertz CT molecular complexity index is 4180. The van der Waals surface area contributed by atoms with Crippen LogP contribution in [0.3, 0.4) is 0 Å². The van der Waals surface area contributed by atoms with Gasteiger partial charge in [-0.15, -0.1) is 0 Å². The third kappa shape index (κ3) is 48.8. The van der Waals surface area contributed by atoms with Crippen molar-refractivity contribution >= 4 is 142 Å². The van der Waals surface area contributed by atoms with Crippen molar-refractivity contribution < 1.29 is 112 Å². The lowest BCUT2D eigenvalue weighted by molar-refractivity contribution is -0.143. The van der Waals surface area contributed by atoms with Gasteiger partial charge in [-0.2, -0.15) is 11.8 Å². The van der Waals surface area contributed by atoms with Crippen LogP contribution in [0.1, 0.15) is 183 Å². The lowest BCUT2D eigenvalue weighted by Crippen LogP contribution is -2.64. The second kappa shape index (κ2) is 64.1. The molecule has 40 N–H and O–H groups in total. The Morgan fingerprint density at radius 1 is 0.423 bits per heavy atom. The van der Waals surface area contributed by atoms with Crippen LogP contribution in [0.25, 0.3) is 0 Å². The average Bonchev–Trinajstić information content (AvgIpc) is 1.02. The van der Waals surface area contributed by atoms with E-state index in [1.54, 1.807) is 47.8 Å². The molecular weight excluding hydrogens is 1820 g/mol. The maximum atomic E-state index is 15.0. The second-order valence-electron chi connectivity index (χ2n) is 34.2. The Balaban J connectivity index is 2.63. The van der Waals surface area contributed by atoms with Gasteiger partial charge >= 0.3 is 17.9 Å². The Morgan fingerprint density at radius 3 is 1.15 bits per heavy atom. The van der Waals surface area contributed by atoms with Crippen LogP contribution in [0, 0.1) is 39.4 Å². The van der Waals surface area contributed by atoms with Gasteiger partial charge in [-0.1, -0.05) is 41.5 Å². The number of nitrogens with two attached hydrogens (primary N) is 5. The predicted octanol–water partition coefficient (Wildman–Crippen LogP) is -9.52. The van der Waals surface area contributed by atoms with E-state index in [-0.39, 0.29) is 122 Å². The van der Waals surface area contributed by atoms with Crippen molar-refractivity contribution in [2.75, 3.05) is 57.8 Å². The number of carboxylic acids is 3. The van der Waals surface area contributed by atoms with Crippen LogP contribution >= 0.6 is 11.8 Å². The molecule has 0 bridgehead atoms. The lowest BCUT2D eigenvalue weighted by atomic mass is 9.98. The van der Waals surface area contributed by atoms with Gasteiger partial charge in [-0.25, -0.2) is 9.78 Å². The van der Waals surface area contributed by atoms with Crippen LogP contribution in [0.2, 0.25) is 0 Å². The number of aliphatic hydroxyl groups is 2. The number of aliphatic carboxylic acids is 3. The molecule has 0 aliphatic carbocycles. The number of thioether (sulfide) groups is 1.